The molecule has 10 nitrogen and oxygen atoms in total. The number of halogens is 3. The van der Waals surface area contributed by atoms with E-state index in [0.29, 0.717) is 38.1 Å². The van der Waals surface area contributed by atoms with Crippen molar-refractivity contribution in [2.45, 2.75) is 38.3 Å². The highest BCUT2D eigenvalue weighted by atomic mass is 19.4. The van der Waals surface area contributed by atoms with Gasteiger partial charge >= 0.3 is 12.3 Å². The lowest BCUT2D eigenvalue weighted by molar-refractivity contribution is -0.196. The summed E-state index contributed by atoms with van der Waals surface area (Å²) in [5, 5.41) is 15.2. The molecule has 272 valence electrons. The standard InChI is InChI=1S/C39H41F3N6O4/c1-45-36-30(13-8-14-32(36)46-19-17-27(18-20-46)23-47-21-22-48(38(49)50)24-33(47)39(40,41)42)35(44-45)31-15-16-34(51-25-28-9-4-2-5-10-28)43-37(31)52-26-29-11-6-3-7-12-29/h2-16,27,33H,17-26H2,1H3,(H,49,50). The van der Waals surface area contributed by atoms with Crippen molar-refractivity contribution in [3.63, 3.8) is 0 Å². The number of alkyl halides is 3. The molecule has 13 heteroatoms. The van der Waals surface area contributed by atoms with Crippen molar-refractivity contribution in [2.24, 2.45) is 13.0 Å². The number of pyridine rings is 1. The van der Waals surface area contributed by atoms with Gasteiger partial charge in [0.2, 0.25) is 11.8 Å². The maximum Gasteiger partial charge on any atom is 0.407 e. The number of hydrogen-bond acceptors (Lipinski definition) is 7. The molecule has 2 aromatic heterocycles. The molecule has 0 aliphatic carbocycles. The Bertz CT molecular complexity index is 1980. The minimum absolute atomic E-state index is 0.0665. The first-order chi connectivity index (χ1) is 25.1. The van der Waals surface area contributed by atoms with E-state index in [0.717, 1.165) is 56.7 Å². The number of carbonyl (C=O) groups is 1. The maximum absolute atomic E-state index is 13.9. The molecule has 0 spiro atoms. The summed E-state index contributed by atoms with van der Waals surface area (Å²) in [6.45, 7) is 1.90. The smallest absolute Gasteiger partial charge is 0.407 e. The number of ether oxygens (including phenoxy) is 2. The van der Waals surface area contributed by atoms with Crippen LogP contribution in [0, 0.1) is 5.92 Å². The lowest BCUT2D eigenvalue weighted by Gasteiger charge is -2.43. The van der Waals surface area contributed by atoms with E-state index in [1.54, 1.807) is 0 Å². The van der Waals surface area contributed by atoms with Crippen molar-refractivity contribution in [3.8, 4) is 23.0 Å². The third kappa shape index (κ3) is 7.79. The average Bonchev–Trinajstić information content (AvgIpc) is 3.50. The summed E-state index contributed by atoms with van der Waals surface area (Å²) >= 11 is 0. The first-order valence-corrected chi connectivity index (χ1v) is 17.5. The molecule has 0 saturated carbocycles. The van der Waals surface area contributed by atoms with Crippen LogP contribution in [0.5, 0.6) is 11.8 Å². The van der Waals surface area contributed by atoms with Crippen molar-refractivity contribution < 1.29 is 32.5 Å². The fourth-order valence-corrected chi connectivity index (χ4v) is 7.23. The maximum atomic E-state index is 13.9. The minimum Gasteiger partial charge on any atom is -0.473 e. The van der Waals surface area contributed by atoms with E-state index in [-0.39, 0.29) is 25.6 Å². The van der Waals surface area contributed by atoms with Gasteiger partial charge in [0.25, 0.3) is 0 Å². The molecule has 1 N–H and O–H groups in total. The van der Waals surface area contributed by atoms with E-state index in [1.807, 2.05) is 96.7 Å². The second-order valence-electron chi connectivity index (χ2n) is 13.4. The van der Waals surface area contributed by atoms with Gasteiger partial charge < -0.3 is 24.4 Å². The van der Waals surface area contributed by atoms with Gasteiger partial charge in [-0.3, -0.25) is 9.58 Å². The van der Waals surface area contributed by atoms with Gasteiger partial charge in [0, 0.05) is 57.8 Å². The molecule has 2 aliphatic rings. The number of piperidine rings is 1. The number of benzene rings is 3. The Morgan fingerprint density at radius 3 is 2.17 bits per heavy atom. The van der Waals surface area contributed by atoms with Gasteiger partial charge in [0.05, 0.1) is 16.8 Å². The van der Waals surface area contributed by atoms with Crippen LogP contribution in [0.3, 0.4) is 0 Å². The molecular formula is C39H41F3N6O4. The van der Waals surface area contributed by atoms with E-state index in [4.69, 9.17) is 19.6 Å². The highest BCUT2D eigenvalue weighted by Gasteiger charge is 2.47. The number of anilines is 1. The lowest BCUT2D eigenvalue weighted by Crippen LogP contribution is -2.61. The summed E-state index contributed by atoms with van der Waals surface area (Å²) in [6, 6.07) is 27.8. The highest BCUT2D eigenvalue weighted by Crippen LogP contribution is 2.39. The first-order valence-electron chi connectivity index (χ1n) is 17.5. The SMILES string of the molecule is Cn1nc(-c2ccc(OCc3ccccc3)nc2OCc2ccccc2)c2cccc(N3CCC(CN4CCN(C(=O)O)CC4C(F)(F)F)CC3)c21. The molecule has 1 amide bonds. The predicted molar refractivity (Wildman–Crippen MR) is 191 cm³/mol. The summed E-state index contributed by atoms with van der Waals surface area (Å²) < 4.78 is 56.1. The summed E-state index contributed by atoms with van der Waals surface area (Å²) in [4.78, 5) is 20.7. The quantitative estimate of drug-likeness (QED) is 0.162. The fraction of sp³-hybridized carbons (Fsp3) is 0.359. The fourth-order valence-electron chi connectivity index (χ4n) is 7.23. The van der Waals surface area contributed by atoms with Crippen LogP contribution < -0.4 is 14.4 Å². The molecular weight excluding hydrogens is 673 g/mol. The molecule has 2 aliphatic heterocycles. The molecule has 3 aromatic carbocycles. The van der Waals surface area contributed by atoms with Crippen LogP contribution in [0.2, 0.25) is 0 Å². The average molecular weight is 715 g/mol. The Labute approximate surface area is 300 Å². The Hall–Kier alpha value is -5.30. The van der Waals surface area contributed by atoms with Crippen LogP contribution in [0.25, 0.3) is 22.2 Å². The summed E-state index contributed by atoms with van der Waals surface area (Å²) in [6.07, 6.45) is -4.38. The number of piperazine rings is 1. The van der Waals surface area contributed by atoms with Crippen LogP contribution in [0.1, 0.15) is 24.0 Å². The Morgan fingerprint density at radius 2 is 1.52 bits per heavy atom. The largest absolute Gasteiger partial charge is 0.473 e. The van der Waals surface area contributed by atoms with Gasteiger partial charge in [-0.05, 0) is 42.0 Å². The number of fused-ring (bicyclic) bond motifs is 1. The van der Waals surface area contributed by atoms with Crippen LogP contribution in [-0.2, 0) is 20.3 Å². The molecule has 7 rings (SSSR count). The highest BCUT2D eigenvalue weighted by molar-refractivity contribution is 6.01. The molecule has 0 radical (unpaired) electrons. The number of rotatable bonds is 10. The monoisotopic (exact) mass is 714 g/mol. The third-order valence-corrected chi connectivity index (χ3v) is 9.97. The number of nitrogens with zero attached hydrogens (tertiary/aromatic N) is 6. The molecule has 5 aromatic rings. The molecule has 1 unspecified atom stereocenters. The first kappa shape index (κ1) is 35.1. The van der Waals surface area contributed by atoms with Gasteiger partial charge in [0.1, 0.15) is 24.9 Å². The van der Waals surface area contributed by atoms with Crippen molar-refractivity contribution in [3.05, 3.63) is 102 Å². The van der Waals surface area contributed by atoms with Crippen molar-refractivity contribution in [1.29, 1.82) is 0 Å². The van der Waals surface area contributed by atoms with Gasteiger partial charge in [-0.15, -0.1) is 0 Å². The van der Waals surface area contributed by atoms with Crippen molar-refractivity contribution >= 4 is 22.7 Å². The van der Waals surface area contributed by atoms with Crippen LogP contribution in [-0.4, -0.2) is 87.3 Å². The van der Waals surface area contributed by atoms with Crippen molar-refractivity contribution in [2.75, 3.05) is 44.2 Å². The molecule has 0 bridgehead atoms. The summed E-state index contributed by atoms with van der Waals surface area (Å²) in [5.74, 6) is 0.906. The van der Waals surface area contributed by atoms with Gasteiger partial charge in [0.15, 0.2) is 0 Å². The van der Waals surface area contributed by atoms with Gasteiger partial charge in [-0.25, -0.2) is 4.79 Å². The lowest BCUT2D eigenvalue weighted by atomic mass is 9.94. The number of amides is 1. The second kappa shape index (κ2) is 15.1. The van der Waals surface area contributed by atoms with E-state index < -0.39 is 24.9 Å². The zero-order chi connectivity index (χ0) is 36.2. The van der Waals surface area contributed by atoms with E-state index in [9.17, 15) is 23.1 Å². The molecule has 52 heavy (non-hydrogen) atoms. The van der Waals surface area contributed by atoms with Crippen LogP contribution >= 0.6 is 0 Å². The van der Waals surface area contributed by atoms with E-state index in [1.165, 1.54) is 4.90 Å². The topological polar surface area (TPSA) is 96.2 Å². The number of aryl methyl sites for hydroxylation is 1. The van der Waals surface area contributed by atoms with E-state index in [2.05, 4.69) is 11.0 Å². The third-order valence-electron chi connectivity index (χ3n) is 9.97. The normalized spacial score (nSPS) is 17.4. The number of hydrogen-bond donors (Lipinski definition) is 1. The number of carboxylic acid groups (broad SMARTS) is 1. The molecule has 4 heterocycles. The zero-order valence-electron chi connectivity index (χ0n) is 28.9. The molecule has 1 atom stereocenters. The van der Waals surface area contributed by atoms with Gasteiger partial charge in [-0.1, -0.05) is 72.8 Å². The summed E-state index contributed by atoms with van der Waals surface area (Å²) in [5.41, 5.74) is 5.42. The Balaban J connectivity index is 1.10. The summed E-state index contributed by atoms with van der Waals surface area (Å²) in [7, 11) is 1.91. The van der Waals surface area contributed by atoms with E-state index >= 15 is 0 Å². The Morgan fingerprint density at radius 1 is 0.846 bits per heavy atom. The predicted octanol–water partition coefficient (Wildman–Crippen LogP) is 7.24. The zero-order valence-corrected chi connectivity index (χ0v) is 28.9. The van der Waals surface area contributed by atoms with Crippen molar-refractivity contribution in [1.82, 2.24) is 24.6 Å². The second-order valence-corrected chi connectivity index (χ2v) is 13.4. The minimum atomic E-state index is -4.50. The number of para-hydroxylation sites is 1. The van der Waals surface area contributed by atoms with Gasteiger partial charge in [-0.2, -0.15) is 23.3 Å². The molecule has 2 fully saturated rings. The number of aromatic nitrogens is 3. The Kier molecular flexibility index (Phi) is 10.2. The van der Waals surface area contributed by atoms with Crippen LogP contribution in [0.4, 0.5) is 23.7 Å². The van der Waals surface area contributed by atoms with Crippen LogP contribution in [0.15, 0.2) is 91.0 Å². The molecule has 2 saturated heterocycles.